The Hall–Kier alpha value is -2.64. The molecule has 2 heterocycles. The number of anilines is 1. The summed E-state index contributed by atoms with van der Waals surface area (Å²) in [5, 5.41) is 4.01. The number of hydrogen-bond donors (Lipinski definition) is 1. The van der Waals surface area contributed by atoms with Crippen molar-refractivity contribution < 1.29 is 14.3 Å². The highest BCUT2D eigenvalue weighted by Gasteiger charge is 2.32. The van der Waals surface area contributed by atoms with E-state index in [0.717, 1.165) is 40.3 Å². The summed E-state index contributed by atoms with van der Waals surface area (Å²) in [5.41, 5.74) is 1.71. The molecule has 1 fully saturated rings. The van der Waals surface area contributed by atoms with E-state index in [2.05, 4.69) is 11.4 Å². The van der Waals surface area contributed by atoms with E-state index in [-0.39, 0.29) is 12.1 Å². The number of nitrogens with zero attached hydrogens (tertiary/aromatic N) is 2. The fraction of sp³-hybridized carbons (Fsp3) is 0.333. The number of hydrogen-bond acceptors (Lipinski definition) is 5. The highest BCUT2D eigenvalue weighted by Crippen LogP contribution is 2.36. The second-order valence-corrected chi connectivity index (χ2v) is 7.73. The average Bonchev–Trinajstić information content (AvgIpc) is 3.35. The third kappa shape index (κ3) is 4.10. The summed E-state index contributed by atoms with van der Waals surface area (Å²) in [6.45, 7) is 1.73. The van der Waals surface area contributed by atoms with Gasteiger partial charge in [-0.2, -0.15) is 0 Å². The fourth-order valence-electron chi connectivity index (χ4n) is 3.40. The smallest absolute Gasteiger partial charge is 0.322 e. The van der Waals surface area contributed by atoms with Crippen LogP contribution in [0.5, 0.6) is 5.75 Å². The Morgan fingerprint density at radius 3 is 3.00 bits per heavy atom. The largest absolute Gasteiger partial charge is 0.491 e. The molecule has 3 aromatic rings. The van der Waals surface area contributed by atoms with Crippen LogP contribution < -0.4 is 10.1 Å². The van der Waals surface area contributed by atoms with Crippen LogP contribution in [0.3, 0.4) is 0 Å². The molecule has 1 saturated heterocycles. The Balaban J connectivity index is 1.46. The molecule has 0 aliphatic carbocycles. The molecule has 146 valence electrons. The number of ether oxygens (including phenoxy) is 2. The van der Waals surface area contributed by atoms with E-state index >= 15 is 0 Å². The zero-order valence-corrected chi connectivity index (χ0v) is 16.6. The molecule has 28 heavy (non-hydrogen) atoms. The molecule has 1 aromatic heterocycles. The van der Waals surface area contributed by atoms with Crippen LogP contribution in [0.1, 0.15) is 23.9 Å². The van der Waals surface area contributed by atoms with Crippen molar-refractivity contribution in [2.24, 2.45) is 0 Å². The molecule has 1 aliphatic heterocycles. The maximum Gasteiger partial charge on any atom is 0.322 e. The van der Waals surface area contributed by atoms with Crippen molar-refractivity contribution in [3.05, 3.63) is 53.5 Å². The van der Waals surface area contributed by atoms with Crippen LogP contribution >= 0.6 is 11.3 Å². The Bertz CT molecular complexity index is 926. The van der Waals surface area contributed by atoms with Gasteiger partial charge in [0.25, 0.3) is 0 Å². The predicted molar refractivity (Wildman–Crippen MR) is 111 cm³/mol. The number of fused-ring (bicyclic) bond motifs is 1. The van der Waals surface area contributed by atoms with Crippen molar-refractivity contribution in [3.63, 3.8) is 0 Å². The summed E-state index contributed by atoms with van der Waals surface area (Å²) >= 11 is 1.67. The molecular formula is C21H23N3O3S. The minimum atomic E-state index is -0.101. The molecule has 1 N–H and O–H groups in total. The molecule has 0 radical (unpaired) electrons. The molecule has 1 atom stereocenters. The SMILES string of the molecule is COCCOc1cccc(NC(=O)N2CCCC2c2nc3ccccc3s2)c1. The number of nitrogens with one attached hydrogen (secondary N) is 1. The van der Waals surface area contributed by atoms with Gasteiger partial charge in [-0.05, 0) is 37.1 Å². The molecule has 2 amide bonds. The lowest BCUT2D eigenvalue weighted by Crippen LogP contribution is -2.34. The molecule has 0 spiro atoms. The van der Waals surface area contributed by atoms with E-state index in [4.69, 9.17) is 14.5 Å². The van der Waals surface area contributed by atoms with Crippen molar-refractivity contribution in [3.8, 4) is 5.75 Å². The van der Waals surface area contributed by atoms with E-state index in [1.54, 1.807) is 18.4 Å². The van der Waals surface area contributed by atoms with Gasteiger partial charge in [0.1, 0.15) is 17.4 Å². The minimum Gasteiger partial charge on any atom is -0.491 e. The molecule has 0 bridgehead atoms. The van der Waals surface area contributed by atoms with Gasteiger partial charge in [-0.15, -0.1) is 11.3 Å². The lowest BCUT2D eigenvalue weighted by molar-refractivity contribution is 0.146. The van der Waals surface area contributed by atoms with E-state index in [1.807, 2.05) is 47.4 Å². The van der Waals surface area contributed by atoms with Crippen LogP contribution in [0.2, 0.25) is 0 Å². The lowest BCUT2D eigenvalue weighted by atomic mass is 10.2. The Morgan fingerprint density at radius 2 is 2.14 bits per heavy atom. The van der Waals surface area contributed by atoms with Gasteiger partial charge in [-0.3, -0.25) is 0 Å². The molecule has 1 aliphatic rings. The van der Waals surface area contributed by atoms with Crippen LogP contribution in [0.4, 0.5) is 10.5 Å². The highest BCUT2D eigenvalue weighted by atomic mass is 32.1. The number of urea groups is 1. The third-order valence-corrected chi connectivity index (χ3v) is 5.89. The fourth-order valence-corrected chi connectivity index (χ4v) is 4.52. The quantitative estimate of drug-likeness (QED) is 0.613. The highest BCUT2D eigenvalue weighted by molar-refractivity contribution is 7.18. The number of thiazole rings is 1. The number of carbonyl (C=O) groups excluding carboxylic acids is 1. The maximum atomic E-state index is 12.9. The van der Waals surface area contributed by atoms with E-state index in [9.17, 15) is 4.79 Å². The van der Waals surface area contributed by atoms with E-state index in [1.165, 1.54) is 0 Å². The van der Waals surface area contributed by atoms with Crippen LogP contribution in [-0.4, -0.2) is 42.8 Å². The van der Waals surface area contributed by atoms with Crippen molar-refractivity contribution >= 4 is 33.3 Å². The summed E-state index contributed by atoms with van der Waals surface area (Å²) < 4.78 is 11.8. The van der Waals surface area contributed by atoms with Crippen LogP contribution in [0.15, 0.2) is 48.5 Å². The Labute approximate surface area is 168 Å². The van der Waals surface area contributed by atoms with Crippen LogP contribution in [0.25, 0.3) is 10.2 Å². The topological polar surface area (TPSA) is 63.7 Å². The zero-order chi connectivity index (χ0) is 19.3. The first-order valence-electron chi connectivity index (χ1n) is 9.39. The molecule has 7 heteroatoms. The van der Waals surface area contributed by atoms with Gasteiger partial charge in [-0.1, -0.05) is 18.2 Å². The van der Waals surface area contributed by atoms with E-state index < -0.39 is 0 Å². The number of aromatic nitrogens is 1. The summed E-state index contributed by atoms with van der Waals surface area (Å²) in [7, 11) is 1.64. The van der Waals surface area contributed by atoms with Gasteiger partial charge < -0.3 is 19.7 Å². The number of para-hydroxylation sites is 1. The molecule has 2 aromatic carbocycles. The minimum absolute atomic E-state index is 0.0264. The van der Waals surface area contributed by atoms with Gasteiger partial charge in [0.2, 0.25) is 0 Å². The maximum absolute atomic E-state index is 12.9. The van der Waals surface area contributed by atoms with Gasteiger partial charge in [-0.25, -0.2) is 9.78 Å². The van der Waals surface area contributed by atoms with Crippen molar-refractivity contribution in [2.75, 3.05) is 32.2 Å². The molecule has 0 saturated carbocycles. The third-order valence-electron chi connectivity index (χ3n) is 4.75. The average molecular weight is 398 g/mol. The zero-order valence-electron chi connectivity index (χ0n) is 15.8. The summed E-state index contributed by atoms with van der Waals surface area (Å²) in [6, 6.07) is 15.5. The Kier molecular flexibility index (Phi) is 5.73. The number of amides is 2. The van der Waals surface area contributed by atoms with Gasteiger partial charge in [0.15, 0.2) is 0 Å². The second-order valence-electron chi connectivity index (χ2n) is 6.67. The Morgan fingerprint density at radius 1 is 1.25 bits per heavy atom. The second kappa shape index (κ2) is 8.58. The normalized spacial score (nSPS) is 16.5. The number of benzene rings is 2. The number of carbonyl (C=O) groups is 1. The van der Waals surface area contributed by atoms with Crippen molar-refractivity contribution in [2.45, 2.75) is 18.9 Å². The summed E-state index contributed by atoms with van der Waals surface area (Å²) in [5.74, 6) is 0.707. The predicted octanol–water partition coefficient (Wildman–Crippen LogP) is 4.69. The summed E-state index contributed by atoms with van der Waals surface area (Å²) in [6.07, 6.45) is 1.92. The molecule has 1 unspecified atom stereocenters. The lowest BCUT2D eigenvalue weighted by Gasteiger charge is -2.23. The van der Waals surface area contributed by atoms with Gasteiger partial charge in [0.05, 0.1) is 22.9 Å². The number of likely N-dealkylation sites (tertiary alicyclic amines) is 1. The molecule has 6 nitrogen and oxygen atoms in total. The molecule has 4 rings (SSSR count). The van der Waals surface area contributed by atoms with Crippen LogP contribution in [0, 0.1) is 0 Å². The summed E-state index contributed by atoms with van der Waals surface area (Å²) in [4.78, 5) is 19.6. The van der Waals surface area contributed by atoms with Crippen LogP contribution in [-0.2, 0) is 4.74 Å². The van der Waals surface area contributed by atoms with Crippen molar-refractivity contribution in [1.29, 1.82) is 0 Å². The number of methoxy groups -OCH3 is 1. The van der Waals surface area contributed by atoms with Gasteiger partial charge >= 0.3 is 6.03 Å². The number of rotatable bonds is 6. The van der Waals surface area contributed by atoms with Gasteiger partial charge in [0, 0.05) is 25.4 Å². The first-order chi connectivity index (χ1) is 13.7. The van der Waals surface area contributed by atoms with E-state index in [0.29, 0.717) is 19.0 Å². The van der Waals surface area contributed by atoms with Crippen molar-refractivity contribution in [1.82, 2.24) is 9.88 Å². The molecular weight excluding hydrogens is 374 g/mol. The first kappa shape index (κ1) is 18.7. The standard InChI is InChI=1S/C21H23N3O3S/c1-26-12-13-27-16-7-4-6-15(14-16)22-21(25)24-11-5-9-18(24)20-23-17-8-2-3-10-19(17)28-20/h2-4,6-8,10,14,18H,5,9,11-13H2,1H3,(H,22,25). The monoisotopic (exact) mass is 397 g/mol. The first-order valence-corrected chi connectivity index (χ1v) is 10.2.